The van der Waals surface area contributed by atoms with Gasteiger partial charge in [0, 0.05) is 16.8 Å². The number of halogens is 1. The Bertz CT molecular complexity index is 841. The van der Waals surface area contributed by atoms with Crippen molar-refractivity contribution in [2.45, 2.75) is 6.92 Å². The average molecular weight is 284 g/mol. The smallest absolute Gasteiger partial charge is 0.276 e. The van der Waals surface area contributed by atoms with Crippen molar-refractivity contribution in [2.24, 2.45) is 0 Å². The van der Waals surface area contributed by atoms with E-state index in [2.05, 4.69) is 15.5 Å². The first-order chi connectivity index (χ1) is 10.0. The summed E-state index contributed by atoms with van der Waals surface area (Å²) in [5.74, 6) is -0.793. The topological polar surface area (TPSA) is 83.8 Å². The van der Waals surface area contributed by atoms with Crippen LogP contribution in [0.25, 0.3) is 10.9 Å². The molecule has 6 heteroatoms. The van der Waals surface area contributed by atoms with Gasteiger partial charge in [-0.15, -0.1) is 0 Å². The number of rotatable bonds is 2. The third-order valence-electron chi connectivity index (χ3n) is 3.23. The predicted molar refractivity (Wildman–Crippen MR) is 79.6 cm³/mol. The second kappa shape index (κ2) is 4.90. The molecular weight excluding hydrogens is 271 g/mol. The van der Waals surface area contributed by atoms with Crippen LogP contribution >= 0.6 is 0 Å². The van der Waals surface area contributed by atoms with Crippen LogP contribution in [0.2, 0.25) is 0 Å². The van der Waals surface area contributed by atoms with Gasteiger partial charge in [-0.05, 0) is 42.8 Å². The highest BCUT2D eigenvalue weighted by molar-refractivity contribution is 6.11. The number of hydrogen-bond acceptors (Lipinski definition) is 3. The lowest BCUT2D eigenvalue weighted by Crippen LogP contribution is -2.13. The van der Waals surface area contributed by atoms with E-state index in [1.807, 2.05) is 0 Å². The molecule has 1 amide bonds. The number of aromatic nitrogens is 2. The Hall–Kier alpha value is -2.89. The molecule has 106 valence electrons. The van der Waals surface area contributed by atoms with E-state index in [9.17, 15) is 9.18 Å². The Morgan fingerprint density at radius 2 is 2.10 bits per heavy atom. The number of nitrogen functional groups attached to an aromatic ring is 1. The molecule has 1 aromatic heterocycles. The minimum atomic E-state index is -0.421. The number of benzene rings is 2. The number of anilines is 2. The van der Waals surface area contributed by atoms with Gasteiger partial charge in [-0.2, -0.15) is 5.10 Å². The van der Waals surface area contributed by atoms with Crippen LogP contribution in [0.5, 0.6) is 0 Å². The zero-order valence-corrected chi connectivity index (χ0v) is 11.3. The van der Waals surface area contributed by atoms with Crippen molar-refractivity contribution in [3.63, 3.8) is 0 Å². The van der Waals surface area contributed by atoms with Gasteiger partial charge in [0.1, 0.15) is 5.82 Å². The quantitative estimate of drug-likeness (QED) is 0.633. The summed E-state index contributed by atoms with van der Waals surface area (Å²) in [6.45, 7) is 1.66. The zero-order chi connectivity index (χ0) is 15.0. The normalized spacial score (nSPS) is 10.8. The standard InChI is InChI=1S/C15H13FN4O/c1-8-2-4-10(7-12(8)16)18-15(21)14-11-6-9(17)3-5-13(11)19-20-14/h2-7H,17H2,1H3,(H,18,21)(H,19,20). The van der Waals surface area contributed by atoms with Crippen LogP contribution in [0.4, 0.5) is 15.8 Å². The van der Waals surface area contributed by atoms with E-state index in [1.165, 1.54) is 6.07 Å². The van der Waals surface area contributed by atoms with Crippen molar-refractivity contribution in [1.29, 1.82) is 0 Å². The minimum absolute atomic E-state index is 0.221. The second-order valence-electron chi connectivity index (χ2n) is 4.80. The van der Waals surface area contributed by atoms with Gasteiger partial charge >= 0.3 is 0 Å². The molecule has 0 radical (unpaired) electrons. The van der Waals surface area contributed by atoms with E-state index in [0.29, 0.717) is 27.8 Å². The third kappa shape index (κ3) is 2.43. The molecule has 0 bridgehead atoms. The van der Waals surface area contributed by atoms with Gasteiger partial charge in [0.15, 0.2) is 5.69 Å². The highest BCUT2D eigenvalue weighted by Gasteiger charge is 2.15. The molecule has 0 aliphatic carbocycles. The van der Waals surface area contributed by atoms with E-state index < -0.39 is 5.91 Å². The first kappa shape index (κ1) is 13.1. The summed E-state index contributed by atoms with van der Waals surface area (Å²) >= 11 is 0. The van der Waals surface area contributed by atoms with Crippen molar-refractivity contribution < 1.29 is 9.18 Å². The van der Waals surface area contributed by atoms with Gasteiger partial charge in [-0.1, -0.05) is 6.07 Å². The fourth-order valence-electron chi connectivity index (χ4n) is 2.07. The van der Waals surface area contributed by atoms with E-state index in [1.54, 1.807) is 37.3 Å². The maximum atomic E-state index is 13.5. The molecule has 1 heterocycles. The Kier molecular flexibility index (Phi) is 3.06. The third-order valence-corrected chi connectivity index (χ3v) is 3.23. The van der Waals surface area contributed by atoms with E-state index >= 15 is 0 Å². The fourth-order valence-corrected chi connectivity index (χ4v) is 2.07. The summed E-state index contributed by atoms with van der Waals surface area (Å²) in [6.07, 6.45) is 0. The number of nitrogens with two attached hydrogens (primary N) is 1. The lowest BCUT2D eigenvalue weighted by atomic mass is 10.1. The highest BCUT2D eigenvalue weighted by atomic mass is 19.1. The first-order valence-electron chi connectivity index (χ1n) is 6.36. The number of carbonyl (C=O) groups excluding carboxylic acids is 1. The number of nitrogens with zero attached hydrogens (tertiary/aromatic N) is 1. The number of H-pyrrole nitrogens is 1. The van der Waals surface area contributed by atoms with Crippen molar-refractivity contribution in [1.82, 2.24) is 10.2 Å². The molecule has 4 N–H and O–H groups in total. The summed E-state index contributed by atoms with van der Waals surface area (Å²) in [5, 5.41) is 10.00. The summed E-state index contributed by atoms with van der Waals surface area (Å²) < 4.78 is 13.5. The van der Waals surface area contributed by atoms with Gasteiger partial charge in [0.25, 0.3) is 5.91 Å². The number of amides is 1. The number of hydrogen-bond donors (Lipinski definition) is 3. The number of aryl methyl sites for hydroxylation is 1. The van der Waals surface area contributed by atoms with E-state index in [4.69, 9.17) is 5.73 Å². The molecule has 2 aromatic carbocycles. The maximum Gasteiger partial charge on any atom is 0.276 e. The van der Waals surface area contributed by atoms with Crippen LogP contribution in [0, 0.1) is 12.7 Å². The van der Waals surface area contributed by atoms with Gasteiger partial charge < -0.3 is 11.1 Å². The van der Waals surface area contributed by atoms with Crippen LogP contribution in [0.1, 0.15) is 16.1 Å². The molecule has 0 aliphatic heterocycles. The highest BCUT2D eigenvalue weighted by Crippen LogP contribution is 2.20. The molecule has 0 aliphatic rings. The van der Waals surface area contributed by atoms with E-state index in [0.717, 1.165) is 0 Å². The molecule has 3 rings (SSSR count). The van der Waals surface area contributed by atoms with Crippen molar-refractivity contribution in [2.75, 3.05) is 11.1 Å². The monoisotopic (exact) mass is 284 g/mol. The molecule has 0 fully saturated rings. The van der Waals surface area contributed by atoms with Gasteiger partial charge in [-0.25, -0.2) is 4.39 Å². The molecule has 0 spiro atoms. The first-order valence-corrected chi connectivity index (χ1v) is 6.36. The summed E-state index contributed by atoms with van der Waals surface area (Å²) in [6, 6.07) is 9.66. The Labute approximate surface area is 120 Å². The number of fused-ring (bicyclic) bond motifs is 1. The van der Waals surface area contributed by atoms with Crippen molar-refractivity contribution >= 4 is 28.2 Å². The Balaban J connectivity index is 1.93. The molecule has 3 aromatic rings. The number of carbonyl (C=O) groups is 1. The molecule has 5 nitrogen and oxygen atoms in total. The molecular formula is C15H13FN4O. The molecule has 0 saturated carbocycles. The Morgan fingerprint density at radius 1 is 1.29 bits per heavy atom. The summed E-state index contributed by atoms with van der Waals surface area (Å²) in [7, 11) is 0. The van der Waals surface area contributed by atoms with Gasteiger partial charge in [0.2, 0.25) is 0 Å². The number of aromatic amines is 1. The van der Waals surface area contributed by atoms with Crippen molar-refractivity contribution in [3.05, 3.63) is 53.5 Å². The SMILES string of the molecule is Cc1ccc(NC(=O)c2n[nH]c3ccc(N)cc23)cc1F. The Morgan fingerprint density at radius 3 is 2.86 bits per heavy atom. The molecule has 0 unspecified atom stereocenters. The zero-order valence-electron chi connectivity index (χ0n) is 11.3. The second-order valence-corrected chi connectivity index (χ2v) is 4.80. The lowest BCUT2D eigenvalue weighted by Gasteiger charge is -2.05. The van der Waals surface area contributed by atoms with E-state index in [-0.39, 0.29) is 11.5 Å². The maximum absolute atomic E-state index is 13.5. The molecule has 21 heavy (non-hydrogen) atoms. The fraction of sp³-hybridized carbons (Fsp3) is 0.0667. The molecule has 0 saturated heterocycles. The van der Waals surface area contributed by atoms with Crippen LogP contribution < -0.4 is 11.1 Å². The summed E-state index contributed by atoms with van der Waals surface area (Å²) in [4.78, 5) is 12.2. The van der Waals surface area contributed by atoms with Crippen LogP contribution in [0.3, 0.4) is 0 Å². The van der Waals surface area contributed by atoms with Gasteiger partial charge in [0.05, 0.1) is 5.52 Å². The predicted octanol–water partition coefficient (Wildman–Crippen LogP) is 2.84. The van der Waals surface area contributed by atoms with Crippen LogP contribution in [0.15, 0.2) is 36.4 Å². The number of nitrogens with one attached hydrogen (secondary N) is 2. The summed E-state index contributed by atoms with van der Waals surface area (Å²) in [5.41, 5.74) is 8.09. The lowest BCUT2D eigenvalue weighted by molar-refractivity contribution is 0.102. The minimum Gasteiger partial charge on any atom is -0.399 e. The van der Waals surface area contributed by atoms with Crippen LogP contribution in [-0.4, -0.2) is 16.1 Å². The van der Waals surface area contributed by atoms with Gasteiger partial charge in [-0.3, -0.25) is 9.89 Å². The largest absolute Gasteiger partial charge is 0.399 e. The molecule has 0 atom stereocenters. The van der Waals surface area contributed by atoms with Crippen molar-refractivity contribution in [3.8, 4) is 0 Å². The van der Waals surface area contributed by atoms with Crippen LogP contribution in [-0.2, 0) is 0 Å². The average Bonchev–Trinajstić information content (AvgIpc) is 2.86.